The fraction of sp³-hybridized carbons (Fsp3) is 0.455. The number of nitrogens with zero attached hydrogens (tertiary/aromatic N) is 2. The van der Waals surface area contributed by atoms with Gasteiger partial charge in [0.1, 0.15) is 5.69 Å². The number of ether oxygens (including phenoxy) is 1. The number of hydrogen-bond acceptors (Lipinski definition) is 5. The maximum atomic E-state index is 13.5. The Labute approximate surface area is 103 Å². The Morgan fingerprint density at radius 2 is 2.39 bits per heavy atom. The van der Waals surface area contributed by atoms with Crippen molar-refractivity contribution in [2.45, 2.75) is 6.10 Å². The first kappa shape index (κ1) is 12.7. The summed E-state index contributed by atoms with van der Waals surface area (Å²) >= 11 is 0. The highest BCUT2D eigenvalue weighted by Crippen LogP contribution is 2.31. The lowest BCUT2D eigenvalue weighted by Crippen LogP contribution is -2.44. The third-order valence-electron chi connectivity index (χ3n) is 2.83. The van der Waals surface area contributed by atoms with Crippen LogP contribution >= 0.6 is 0 Å². The second-order valence-corrected chi connectivity index (χ2v) is 3.99. The van der Waals surface area contributed by atoms with Crippen LogP contribution in [0.3, 0.4) is 0 Å². The van der Waals surface area contributed by atoms with E-state index in [9.17, 15) is 14.5 Å². The monoisotopic (exact) mass is 256 g/mol. The van der Waals surface area contributed by atoms with Crippen molar-refractivity contribution in [2.75, 3.05) is 31.2 Å². The Morgan fingerprint density at radius 1 is 1.61 bits per heavy atom. The summed E-state index contributed by atoms with van der Waals surface area (Å²) < 4.78 is 18.7. The van der Waals surface area contributed by atoms with Gasteiger partial charge in [-0.3, -0.25) is 10.1 Å². The molecule has 1 aromatic carbocycles. The summed E-state index contributed by atoms with van der Waals surface area (Å²) in [6.07, 6.45) is -0.401. The van der Waals surface area contributed by atoms with Gasteiger partial charge < -0.3 is 14.7 Å². The van der Waals surface area contributed by atoms with Gasteiger partial charge in [-0.1, -0.05) is 6.07 Å². The smallest absolute Gasteiger partial charge is 0.327 e. The Bertz CT molecular complexity index is 455. The molecule has 6 nitrogen and oxygen atoms in total. The Morgan fingerprint density at radius 3 is 3.06 bits per heavy atom. The molecule has 18 heavy (non-hydrogen) atoms. The van der Waals surface area contributed by atoms with Gasteiger partial charge in [0.05, 0.1) is 24.2 Å². The predicted octanol–water partition coefficient (Wildman–Crippen LogP) is 0.931. The van der Waals surface area contributed by atoms with Crippen molar-refractivity contribution in [3.05, 3.63) is 34.1 Å². The highest BCUT2D eigenvalue weighted by Gasteiger charge is 2.28. The lowest BCUT2D eigenvalue weighted by molar-refractivity contribution is -0.386. The van der Waals surface area contributed by atoms with E-state index in [1.54, 1.807) is 4.90 Å². The lowest BCUT2D eigenvalue weighted by Gasteiger charge is -2.33. The molecule has 0 aliphatic carbocycles. The van der Waals surface area contributed by atoms with Gasteiger partial charge in [0.25, 0.3) is 0 Å². The molecule has 1 fully saturated rings. The van der Waals surface area contributed by atoms with Crippen molar-refractivity contribution >= 4 is 11.4 Å². The topological polar surface area (TPSA) is 75.8 Å². The molecule has 1 aromatic rings. The number of benzene rings is 1. The average Bonchev–Trinajstić information content (AvgIpc) is 2.38. The maximum Gasteiger partial charge on any atom is 0.327 e. The number of aliphatic hydroxyl groups excluding tert-OH is 1. The second kappa shape index (κ2) is 5.28. The molecular formula is C11H13FN2O4. The normalized spacial score (nSPS) is 19.9. The molecule has 1 saturated heterocycles. The molecule has 1 heterocycles. The van der Waals surface area contributed by atoms with E-state index in [-0.39, 0.29) is 12.3 Å². The number of hydrogen-bond donors (Lipinski definition) is 1. The number of anilines is 1. The van der Waals surface area contributed by atoms with Crippen molar-refractivity contribution < 1.29 is 19.2 Å². The number of rotatable bonds is 3. The molecule has 1 atom stereocenters. The summed E-state index contributed by atoms with van der Waals surface area (Å²) in [5.41, 5.74) is -0.308. The van der Waals surface area contributed by atoms with Gasteiger partial charge >= 0.3 is 5.69 Å². The molecule has 1 aliphatic rings. The van der Waals surface area contributed by atoms with E-state index in [0.717, 1.165) is 6.07 Å². The first-order chi connectivity index (χ1) is 8.63. The first-order valence-corrected chi connectivity index (χ1v) is 5.53. The van der Waals surface area contributed by atoms with Crippen LogP contribution < -0.4 is 4.90 Å². The van der Waals surface area contributed by atoms with Crippen molar-refractivity contribution in [3.8, 4) is 0 Å². The highest BCUT2D eigenvalue weighted by molar-refractivity contribution is 5.64. The predicted molar refractivity (Wildman–Crippen MR) is 62.1 cm³/mol. The zero-order valence-electron chi connectivity index (χ0n) is 9.58. The minimum Gasteiger partial charge on any atom is -0.394 e. The number of aliphatic hydroxyl groups is 1. The Kier molecular flexibility index (Phi) is 3.73. The molecule has 2 rings (SSSR count). The van der Waals surface area contributed by atoms with Gasteiger partial charge in [-0.05, 0) is 12.1 Å². The fourth-order valence-corrected chi connectivity index (χ4v) is 1.99. The number of morpholine rings is 1. The van der Waals surface area contributed by atoms with Crippen LogP contribution in [0.1, 0.15) is 0 Å². The van der Waals surface area contributed by atoms with E-state index in [0.29, 0.717) is 19.7 Å². The summed E-state index contributed by atoms with van der Waals surface area (Å²) in [6, 6.07) is 3.99. The van der Waals surface area contributed by atoms with E-state index in [1.807, 2.05) is 0 Å². The minimum absolute atomic E-state index is 0.167. The molecule has 0 saturated carbocycles. The molecule has 1 aliphatic heterocycles. The zero-order valence-corrected chi connectivity index (χ0v) is 9.58. The van der Waals surface area contributed by atoms with Crippen molar-refractivity contribution in [1.82, 2.24) is 0 Å². The van der Waals surface area contributed by atoms with Crippen LogP contribution in [-0.4, -0.2) is 42.4 Å². The fourth-order valence-electron chi connectivity index (χ4n) is 1.99. The Hall–Kier alpha value is -1.73. The number of para-hydroxylation sites is 1. The molecule has 0 radical (unpaired) electrons. The highest BCUT2D eigenvalue weighted by atomic mass is 19.1. The first-order valence-electron chi connectivity index (χ1n) is 5.53. The molecule has 98 valence electrons. The maximum absolute atomic E-state index is 13.5. The zero-order chi connectivity index (χ0) is 13.1. The molecule has 1 unspecified atom stereocenters. The van der Waals surface area contributed by atoms with Crippen LogP contribution in [0, 0.1) is 15.9 Å². The lowest BCUT2D eigenvalue weighted by atomic mass is 10.2. The number of nitro groups is 1. The Balaban J connectivity index is 2.32. The van der Waals surface area contributed by atoms with Crippen LogP contribution in [0.2, 0.25) is 0 Å². The molecule has 0 bridgehead atoms. The van der Waals surface area contributed by atoms with Crippen LogP contribution in [-0.2, 0) is 4.74 Å². The van der Waals surface area contributed by atoms with Gasteiger partial charge in [0, 0.05) is 13.1 Å². The quantitative estimate of drug-likeness (QED) is 0.643. The number of nitro benzene ring substituents is 1. The summed E-state index contributed by atoms with van der Waals surface area (Å²) in [4.78, 5) is 11.8. The largest absolute Gasteiger partial charge is 0.394 e. The van der Waals surface area contributed by atoms with E-state index in [4.69, 9.17) is 9.84 Å². The SMILES string of the molecule is O=[N+]([O-])c1c(F)cccc1N1CCOC(CO)C1. The molecule has 1 N–H and O–H groups in total. The number of halogens is 1. The second-order valence-electron chi connectivity index (χ2n) is 3.99. The summed E-state index contributed by atoms with van der Waals surface area (Å²) in [5, 5.41) is 19.9. The van der Waals surface area contributed by atoms with Gasteiger partial charge in [0.2, 0.25) is 5.82 Å². The van der Waals surface area contributed by atoms with Crippen LogP contribution in [0.4, 0.5) is 15.8 Å². The van der Waals surface area contributed by atoms with E-state index in [1.165, 1.54) is 12.1 Å². The summed E-state index contributed by atoms with van der Waals surface area (Å²) in [6.45, 7) is 0.917. The molecular weight excluding hydrogens is 243 g/mol. The average molecular weight is 256 g/mol. The summed E-state index contributed by atoms with van der Waals surface area (Å²) in [7, 11) is 0. The third kappa shape index (κ3) is 2.41. The van der Waals surface area contributed by atoms with Gasteiger partial charge in [-0.15, -0.1) is 0 Å². The van der Waals surface area contributed by atoms with Crippen LogP contribution in [0.15, 0.2) is 18.2 Å². The van der Waals surface area contributed by atoms with Crippen molar-refractivity contribution in [3.63, 3.8) is 0 Å². The van der Waals surface area contributed by atoms with Gasteiger partial charge in [-0.25, -0.2) is 0 Å². The van der Waals surface area contributed by atoms with Crippen LogP contribution in [0.25, 0.3) is 0 Å². The standard InChI is InChI=1S/C11H13FN2O4/c12-9-2-1-3-10(11(9)14(16)17)13-4-5-18-8(6-13)7-15/h1-3,8,15H,4-7H2. The molecule has 7 heteroatoms. The molecule has 0 amide bonds. The van der Waals surface area contributed by atoms with Gasteiger partial charge in [0.15, 0.2) is 0 Å². The molecule has 0 aromatic heterocycles. The minimum atomic E-state index is -0.857. The van der Waals surface area contributed by atoms with Crippen molar-refractivity contribution in [1.29, 1.82) is 0 Å². The van der Waals surface area contributed by atoms with E-state index in [2.05, 4.69) is 0 Å². The van der Waals surface area contributed by atoms with E-state index >= 15 is 0 Å². The van der Waals surface area contributed by atoms with E-state index < -0.39 is 22.5 Å². The van der Waals surface area contributed by atoms with Crippen LogP contribution in [0.5, 0.6) is 0 Å². The summed E-state index contributed by atoms with van der Waals surface area (Å²) in [5.74, 6) is -0.857. The van der Waals surface area contributed by atoms with Gasteiger partial charge in [-0.2, -0.15) is 4.39 Å². The molecule has 0 spiro atoms. The van der Waals surface area contributed by atoms with Crippen molar-refractivity contribution in [2.24, 2.45) is 0 Å². The third-order valence-corrected chi connectivity index (χ3v) is 2.83.